The first kappa shape index (κ1) is 17.7. The highest BCUT2D eigenvalue weighted by atomic mass is 16.2. The summed E-state index contributed by atoms with van der Waals surface area (Å²) in [5, 5.41) is 4.49. The summed E-state index contributed by atoms with van der Waals surface area (Å²) in [6.07, 6.45) is 7.55. The van der Waals surface area contributed by atoms with E-state index >= 15 is 0 Å². The third-order valence-corrected chi connectivity index (χ3v) is 5.29. The average Bonchev–Trinajstić information content (AvgIpc) is 3.27. The number of rotatable bonds is 5. The van der Waals surface area contributed by atoms with Gasteiger partial charge in [-0.25, -0.2) is 19.4 Å². The molecule has 4 heterocycles. The van der Waals surface area contributed by atoms with E-state index in [9.17, 15) is 4.79 Å². The van der Waals surface area contributed by atoms with Crippen LogP contribution in [0.2, 0.25) is 0 Å². The van der Waals surface area contributed by atoms with Crippen LogP contribution in [0.25, 0.3) is 5.95 Å². The summed E-state index contributed by atoms with van der Waals surface area (Å²) < 4.78 is 5.30. The van der Waals surface area contributed by atoms with E-state index in [1.54, 1.807) is 24.0 Å². The van der Waals surface area contributed by atoms with Crippen molar-refractivity contribution >= 4 is 0 Å². The van der Waals surface area contributed by atoms with Crippen LogP contribution in [-0.2, 0) is 20.1 Å². The molecule has 0 aliphatic carbocycles. The predicted octanol–water partition coefficient (Wildman–Crippen LogP) is 1.56. The number of aromatic nitrogens is 6. The van der Waals surface area contributed by atoms with Crippen LogP contribution in [0.3, 0.4) is 0 Å². The zero-order valence-electron chi connectivity index (χ0n) is 15.8. The van der Waals surface area contributed by atoms with Crippen molar-refractivity contribution in [3.05, 3.63) is 58.8 Å². The van der Waals surface area contributed by atoms with Crippen molar-refractivity contribution in [2.24, 2.45) is 7.05 Å². The van der Waals surface area contributed by atoms with Crippen molar-refractivity contribution in [2.45, 2.75) is 38.8 Å². The molecule has 0 N–H and O–H groups in total. The Labute approximate surface area is 158 Å². The fourth-order valence-electron chi connectivity index (χ4n) is 3.86. The topological polar surface area (TPSA) is 73.8 Å². The number of nitrogens with zero attached hydrogens (tertiary/aromatic N) is 7. The van der Waals surface area contributed by atoms with E-state index in [-0.39, 0.29) is 5.69 Å². The van der Waals surface area contributed by atoms with Gasteiger partial charge in [0, 0.05) is 50.3 Å². The molecule has 0 bridgehead atoms. The van der Waals surface area contributed by atoms with Crippen LogP contribution in [-0.4, -0.2) is 46.9 Å². The number of likely N-dealkylation sites (tertiary alicyclic amines) is 1. The van der Waals surface area contributed by atoms with Crippen LogP contribution < -0.4 is 5.69 Å². The van der Waals surface area contributed by atoms with Crippen LogP contribution in [0.15, 0.2) is 41.6 Å². The lowest BCUT2D eigenvalue weighted by atomic mass is 9.96. The molecule has 3 aromatic heterocycles. The minimum absolute atomic E-state index is 0.0179. The van der Waals surface area contributed by atoms with Crippen LogP contribution >= 0.6 is 0 Å². The molecule has 1 fully saturated rings. The molecule has 8 nitrogen and oxygen atoms in total. The van der Waals surface area contributed by atoms with E-state index in [1.807, 2.05) is 29.8 Å². The van der Waals surface area contributed by atoms with Crippen LogP contribution in [0.1, 0.15) is 37.2 Å². The Morgan fingerprint density at radius 2 is 1.89 bits per heavy atom. The summed E-state index contributed by atoms with van der Waals surface area (Å²) >= 11 is 0. The van der Waals surface area contributed by atoms with E-state index in [0.717, 1.165) is 38.3 Å². The molecule has 0 amide bonds. The maximum Gasteiger partial charge on any atom is 0.345 e. The molecule has 8 heteroatoms. The van der Waals surface area contributed by atoms with Gasteiger partial charge < -0.3 is 0 Å². The molecule has 27 heavy (non-hydrogen) atoms. The number of hydrogen-bond acceptors (Lipinski definition) is 5. The van der Waals surface area contributed by atoms with Gasteiger partial charge in [0.2, 0.25) is 5.95 Å². The Hall–Kier alpha value is -2.74. The molecule has 142 valence electrons. The van der Waals surface area contributed by atoms with E-state index in [2.05, 4.69) is 26.0 Å². The lowest BCUT2D eigenvalue weighted by Gasteiger charge is -2.31. The molecule has 0 unspecified atom stereocenters. The van der Waals surface area contributed by atoms with E-state index in [4.69, 9.17) is 0 Å². The fraction of sp³-hybridized carbons (Fsp3) is 0.474. The van der Waals surface area contributed by atoms with E-state index in [0.29, 0.717) is 18.4 Å². The Balaban J connectivity index is 1.43. The van der Waals surface area contributed by atoms with Gasteiger partial charge in [-0.1, -0.05) is 0 Å². The highest BCUT2D eigenvalue weighted by Crippen LogP contribution is 2.27. The quantitative estimate of drug-likeness (QED) is 0.684. The highest BCUT2D eigenvalue weighted by molar-refractivity contribution is 5.20. The normalized spacial score (nSPS) is 16.1. The third-order valence-electron chi connectivity index (χ3n) is 5.29. The van der Waals surface area contributed by atoms with Gasteiger partial charge in [-0.2, -0.15) is 5.10 Å². The van der Waals surface area contributed by atoms with Crippen molar-refractivity contribution in [2.75, 3.05) is 13.1 Å². The number of hydrogen-bond donors (Lipinski definition) is 0. The average molecular weight is 367 g/mol. The maximum atomic E-state index is 12.1. The SMILES string of the molecule is CCn1c(C2CCN(Cc3cccn3-c3ncccn3)CC2)nn(C)c1=O. The first-order valence-electron chi connectivity index (χ1n) is 9.47. The van der Waals surface area contributed by atoms with Crippen molar-refractivity contribution in [1.29, 1.82) is 0 Å². The van der Waals surface area contributed by atoms with Crippen molar-refractivity contribution in [3.8, 4) is 5.95 Å². The Morgan fingerprint density at radius 1 is 1.15 bits per heavy atom. The monoisotopic (exact) mass is 367 g/mol. The third kappa shape index (κ3) is 3.44. The number of aryl methyl sites for hydroxylation is 1. The Kier molecular flexibility index (Phi) is 4.89. The molecule has 3 aromatic rings. The summed E-state index contributed by atoms with van der Waals surface area (Å²) in [7, 11) is 1.73. The molecular formula is C19H25N7O. The van der Waals surface area contributed by atoms with Gasteiger partial charge in [0.1, 0.15) is 5.82 Å². The second-order valence-corrected chi connectivity index (χ2v) is 6.98. The maximum absolute atomic E-state index is 12.1. The molecule has 0 radical (unpaired) electrons. The van der Waals surface area contributed by atoms with Crippen molar-refractivity contribution in [1.82, 2.24) is 33.8 Å². The summed E-state index contributed by atoms with van der Waals surface area (Å²) in [6.45, 7) is 5.51. The van der Waals surface area contributed by atoms with Gasteiger partial charge in [-0.05, 0) is 51.1 Å². The van der Waals surface area contributed by atoms with Gasteiger partial charge in [-0.15, -0.1) is 0 Å². The summed E-state index contributed by atoms with van der Waals surface area (Å²) in [5.74, 6) is 1.98. The van der Waals surface area contributed by atoms with E-state index in [1.165, 1.54) is 10.4 Å². The predicted molar refractivity (Wildman–Crippen MR) is 102 cm³/mol. The summed E-state index contributed by atoms with van der Waals surface area (Å²) in [5.41, 5.74) is 1.17. The van der Waals surface area contributed by atoms with E-state index < -0.39 is 0 Å². The molecular weight excluding hydrogens is 342 g/mol. The second kappa shape index (κ2) is 7.48. The first-order valence-corrected chi connectivity index (χ1v) is 9.47. The van der Waals surface area contributed by atoms with Crippen molar-refractivity contribution in [3.63, 3.8) is 0 Å². The van der Waals surface area contributed by atoms with Crippen molar-refractivity contribution < 1.29 is 0 Å². The zero-order valence-corrected chi connectivity index (χ0v) is 15.8. The second-order valence-electron chi connectivity index (χ2n) is 6.98. The number of piperidine rings is 1. The zero-order chi connectivity index (χ0) is 18.8. The van der Waals surface area contributed by atoms with Gasteiger partial charge in [0.25, 0.3) is 0 Å². The Bertz CT molecular complexity index is 948. The fourth-order valence-corrected chi connectivity index (χ4v) is 3.86. The minimum Gasteiger partial charge on any atom is -0.298 e. The molecule has 1 saturated heterocycles. The minimum atomic E-state index is -0.0179. The summed E-state index contributed by atoms with van der Waals surface area (Å²) in [6, 6.07) is 5.98. The molecule has 0 spiro atoms. The smallest absolute Gasteiger partial charge is 0.298 e. The highest BCUT2D eigenvalue weighted by Gasteiger charge is 2.26. The van der Waals surface area contributed by atoms with Crippen LogP contribution in [0, 0.1) is 0 Å². The Morgan fingerprint density at radius 3 is 2.59 bits per heavy atom. The molecule has 4 rings (SSSR count). The molecule has 0 aromatic carbocycles. The van der Waals surface area contributed by atoms with Crippen LogP contribution in [0.4, 0.5) is 0 Å². The standard InChI is InChI=1S/C19H25N7O/c1-3-25-17(22-23(2)19(25)27)15-7-12-24(13-8-15)14-16-6-4-11-26(16)18-20-9-5-10-21-18/h4-6,9-11,15H,3,7-8,12-14H2,1-2H3. The van der Waals surface area contributed by atoms with Gasteiger partial charge in [0.15, 0.2) is 0 Å². The van der Waals surface area contributed by atoms with Crippen LogP contribution in [0.5, 0.6) is 0 Å². The molecule has 1 aliphatic rings. The van der Waals surface area contributed by atoms with Gasteiger partial charge in [-0.3, -0.25) is 14.0 Å². The van der Waals surface area contributed by atoms with Gasteiger partial charge >= 0.3 is 5.69 Å². The largest absolute Gasteiger partial charge is 0.345 e. The molecule has 0 saturated carbocycles. The lowest BCUT2D eigenvalue weighted by Crippen LogP contribution is -2.34. The van der Waals surface area contributed by atoms with Gasteiger partial charge in [0.05, 0.1) is 0 Å². The molecule has 1 aliphatic heterocycles. The summed E-state index contributed by atoms with van der Waals surface area (Å²) in [4.78, 5) is 23.3. The molecule has 0 atom stereocenters. The lowest BCUT2D eigenvalue weighted by molar-refractivity contribution is 0.197. The first-order chi connectivity index (χ1) is 13.2.